The van der Waals surface area contributed by atoms with Gasteiger partial charge in [-0.2, -0.15) is 0 Å². The van der Waals surface area contributed by atoms with E-state index in [4.69, 9.17) is 0 Å². The van der Waals surface area contributed by atoms with Gasteiger partial charge in [0.2, 0.25) is 5.82 Å². The molecule has 5 nitrogen and oxygen atoms in total. The molecule has 0 amide bonds. The average molecular weight is 257 g/mol. The van der Waals surface area contributed by atoms with E-state index in [1.54, 1.807) is 30.5 Å². The van der Waals surface area contributed by atoms with E-state index in [1.165, 1.54) is 12.1 Å². The van der Waals surface area contributed by atoms with Gasteiger partial charge in [-0.25, -0.2) is 9.18 Å². The lowest BCUT2D eigenvalue weighted by atomic mass is 10.1. The van der Waals surface area contributed by atoms with Crippen LogP contribution in [0.3, 0.4) is 0 Å². The molecule has 19 heavy (non-hydrogen) atoms. The molecule has 3 rings (SSSR count). The van der Waals surface area contributed by atoms with Crippen LogP contribution in [0.5, 0.6) is 0 Å². The van der Waals surface area contributed by atoms with Crippen molar-refractivity contribution in [3.8, 4) is 22.6 Å². The highest BCUT2D eigenvalue weighted by Crippen LogP contribution is 2.21. The number of aromatic amines is 1. The summed E-state index contributed by atoms with van der Waals surface area (Å²) in [4.78, 5) is 17.4. The van der Waals surface area contributed by atoms with Crippen molar-refractivity contribution in [2.24, 2.45) is 0 Å². The summed E-state index contributed by atoms with van der Waals surface area (Å²) in [5.74, 6) is -0.677. The minimum atomic E-state index is -0.633. The fourth-order valence-corrected chi connectivity index (χ4v) is 1.71. The second-order valence-corrected chi connectivity index (χ2v) is 3.89. The van der Waals surface area contributed by atoms with Crippen molar-refractivity contribution in [2.75, 3.05) is 0 Å². The Balaban J connectivity index is 1.97. The van der Waals surface area contributed by atoms with Gasteiger partial charge in [0, 0.05) is 11.8 Å². The second-order valence-electron chi connectivity index (χ2n) is 3.89. The van der Waals surface area contributed by atoms with Gasteiger partial charge in [-0.15, -0.1) is 0 Å². The van der Waals surface area contributed by atoms with E-state index in [0.717, 1.165) is 11.1 Å². The number of nitrogens with one attached hydrogen (secondary N) is 1. The largest absolute Gasteiger partial charge is 0.439 e. The highest BCUT2D eigenvalue weighted by molar-refractivity contribution is 5.64. The van der Waals surface area contributed by atoms with Gasteiger partial charge in [0.05, 0.1) is 0 Å². The monoisotopic (exact) mass is 257 g/mol. The Morgan fingerprint density at radius 2 is 2.05 bits per heavy atom. The smallest absolute Gasteiger partial charge is 0.296 e. The fraction of sp³-hybridized carbons (Fsp3) is 0. The van der Waals surface area contributed by atoms with Crippen LogP contribution in [0.1, 0.15) is 0 Å². The fourth-order valence-electron chi connectivity index (χ4n) is 1.71. The number of H-pyrrole nitrogens is 1. The molecule has 1 N–H and O–H groups in total. The van der Waals surface area contributed by atoms with Crippen molar-refractivity contribution >= 4 is 0 Å². The van der Waals surface area contributed by atoms with Gasteiger partial charge in [-0.1, -0.05) is 23.4 Å². The minimum absolute atomic E-state index is 0.260. The quantitative estimate of drug-likeness (QED) is 0.764. The number of hydrogen-bond acceptors (Lipinski definition) is 4. The summed E-state index contributed by atoms with van der Waals surface area (Å²) >= 11 is 0. The molecule has 0 aliphatic carbocycles. The summed E-state index contributed by atoms with van der Waals surface area (Å²) in [6.07, 6.45) is 1.58. The number of halogens is 1. The van der Waals surface area contributed by atoms with E-state index in [2.05, 4.69) is 19.6 Å². The molecule has 2 aromatic heterocycles. The number of pyridine rings is 1. The highest BCUT2D eigenvalue weighted by Gasteiger charge is 2.06. The maximum Gasteiger partial charge on any atom is 0.439 e. The molecule has 0 radical (unpaired) electrons. The third kappa shape index (κ3) is 2.28. The van der Waals surface area contributed by atoms with Crippen LogP contribution < -0.4 is 5.76 Å². The molecule has 0 fully saturated rings. The van der Waals surface area contributed by atoms with Gasteiger partial charge in [-0.05, 0) is 23.8 Å². The van der Waals surface area contributed by atoms with Crippen molar-refractivity contribution in [3.63, 3.8) is 0 Å². The molecule has 94 valence electrons. The lowest BCUT2D eigenvalue weighted by Crippen LogP contribution is -1.95. The van der Waals surface area contributed by atoms with Crippen LogP contribution in [0, 0.1) is 5.82 Å². The molecule has 0 unspecified atom stereocenters. The van der Waals surface area contributed by atoms with Crippen molar-refractivity contribution in [1.29, 1.82) is 0 Å². The molecule has 1 aromatic carbocycles. The molecule has 6 heteroatoms. The van der Waals surface area contributed by atoms with Crippen LogP contribution in [0.4, 0.5) is 4.39 Å². The number of hydrogen-bond donors (Lipinski definition) is 1. The highest BCUT2D eigenvalue weighted by atomic mass is 19.1. The average Bonchev–Trinajstić information content (AvgIpc) is 2.86. The molecular formula is C13H8FN3O2. The molecule has 2 heterocycles. The Bertz CT molecular complexity index is 762. The van der Waals surface area contributed by atoms with Crippen molar-refractivity contribution < 1.29 is 8.91 Å². The predicted molar refractivity (Wildman–Crippen MR) is 65.7 cm³/mol. The van der Waals surface area contributed by atoms with Crippen molar-refractivity contribution in [2.45, 2.75) is 0 Å². The van der Waals surface area contributed by atoms with Gasteiger partial charge in [-0.3, -0.25) is 14.5 Å². The standard InChI is InChI=1S/C13H8FN3O2/c14-10-3-1-2-8(6-10)9-4-5-11(15-7-9)12-16-13(18)19-17-12/h1-7H,(H,16,17,18). The van der Waals surface area contributed by atoms with E-state index in [-0.39, 0.29) is 11.6 Å². The number of rotatable bonds is 2. The predicted octanol–water partition coefficient (Wildman–Crippen LogP) is 2.23. The Labute approximate surface area is 106 Å². The first-order valence-corrected chi connectivity index (χ1v) is 5.51. The Kier molecular flexibility index (Phi) is 2.68. The van der Waals surface area contributed by atoms with Crippen LogP contribution >= 0.6 is 0 Å². The normalized spacial score (nSPS) is 10.6. The summed E-state index contributed by atoms with van der Waals surface area (Å²) in [6.45, 7) is 0. The molecule has 0 aliphatic rings. The summed E-state index contributed by atoms with van der Waals surface area (Å²) in [7, 11) is 0. The summed E-state index contributed by atoms with van der Waals surface area (Å²) in [5.41, 5.74) is 1.98. The van der Waals surface area contributed by atoms with Crippen LogP contribution in [0.15, 0.2) is 51.9 Å². The first kappa shape index (κ1) is 11.3. The Morgan fingerprint density at radius 1 is 1.16 bits per heavy atom. The van der Waals surface area contributed by atoms with Gasteiger partial charge in [0.1, 0.15) is 11.5 Å². The zero-order valence-corrected chi connectivity index (χ0v) is 9.63. The zero-order valence-electron chi connectivity index (χ0n) is 9.63. The minimum Gasteiger partial charge on any atom is -0.296 e. The topological polar surface area (TPSA) is 71.8 Å². The number of benzene rings is 1. The third-order valence-corrected chi connectivity index (χ3v) is 2.60. The van der Waals surface area contributed by atoms with Gasteiger partial charge < -0.3 is 0 Å². The molecule has 0 saturated carbocycles. The van der Waals surface area contributed by atoms with E-state index in [9.17, 15) is 9.18 Å². The second kappa shape index (κ2) is 4.49. The van der Waals surface area contributed by atoms with E-state index in [0.29, 0.717) is 5.69 Å². The summed E-state index contributed by atoms with van der Waals surface area (Å²) in [6, 6.07) is 9.67. The summed E-state index contributed by atoms with van der Waals surface area (Å²) < 4.78 is 17.5. The maximum atomic E-state index is 13.1. The third-order valence-electron chi connectivity index (χ3n) is 2.60. The SMILES string of the molecule is O=c1[nH]c(-c2ccc(-c3cccc(F)c3)cn2)no1. The van der Waals surface area contributed by atoms with Crippen molar-refractivity contribution in [1.82, 2.24) is 15.1 Å². The van der Waals surface area contributed by atoms with Crippen LogP contribution in [0.2, 0.25) is 0 Å². The van der Waals surface area contributed by atoms with E-state index in [1.807, 2.05) is 0 Å². The lowest BCUT2D eigenvalue weighted by Gasteiger charge is -2.01. The maximum absolute atomic E-state index is 13.1. The van der Waals surface area contributed by atoms with Crippen molar-refractivity contribution in [3.05, 3.63) is 59.0 Å². The Hall–Kier alpha value is -2.76. The van der Waals surface area contributed by atoms with Crippen LogP contribution in [-0.2, 0) is 0 Å². The molecule has 3 aromatic rings. The van der Waals surface area contributed by atoms with E-state index >= 15 is 0 Å². The zero-order chi connectivity index (χ0) is 13.2. The lowest BCUT2D eigenvalue weighted by molar-refractivity contribution is 0.387. The molecular weight excluding hydrogens is 249 g/mol. The van der Waals surface area contributed by atoms with Gasteiger partial charge in [0.25, 0.3) is 0 Å². The van der Waals surface area contributed by atoms with E-state index < -0.39 is 5.76 Å². The molecule has 0 spiro atoms. The van der Waals surface area contributed by atoms with Crippen LogP contribution in [-0.4, -0.2) is 15.1 Å². The van der Waals surface area contributed by atoms with Gasteiger partial charge in [0.15, 0.2) is 0 Å². The molecule has 0 bridgehead atoms. The molecule has 0 saturated heterocycles. The Morgan fingerprint density at radius 3 is 2.68 bits per heavy atom. The van der Waals surface area contributed by atoms with Crippen LogP contribution in [0.25, 0.3) is 22.6 Å². The molecule has 0 aliphatic heterocycles. The van der Waals surface area contributed by atoms with Gasteiger partial charge >= 0.3 is 5.76 Å². The summed E-state index contributed by atoms with van der Waals surface area (Å²) in [5, 5.41) is 3.54. The first-order valence-electron chi connectivity index (χ1n) is 5.51. The molecule has 0 atom stereocenters. The number of nitrogens with zero attached hydrogens (tertiary/aromatic N) is 2. The first-order chi connectivity index (χ1) is 9.22. The number of aromatic nitrogens is 3.